The first-order valence-electron chi connectivity index (χ1n) is 12.2. The third-order valence-corrected chi connectivity index (χ3v) is 5.48. The predicted octanol–water partition coefficient (Wildman–Crippen LogP) is 5.13. The SMILES string of the molecule is CCCCCCCCCCC[N+](C)(C)CCCCCCCCCC.O=P([O-])([O-])[O-].[H+].[H+]. The fourth-order valence-corrected chi connectivity index (χ4v) is 3.64. The molecule has 0 spiro atoms. The van der Waals surface area contributed by atoms with Crippen molar-refractivity contribution in [1.29, 1.82) is 0 Å². The fourth-order valence-electron chi connectivity index (χ4n) is 3.64. The van der Waals surface area contributed by atoms with Gasteiger partial charge in [0.25, 0.3) is 0 Å². The molecule has 0 rings (SSSR count). The molecule has 29 heavy (non-hydrogen) atoms. The van der Waals surface area contributed by atoms with Gasteiger partial charge in [-0.05, 0) is 25.7 Å². The van der Waals surface area contributed by atoms with Crippen molar-refractivity contribution < 1.29 is 26.6 Å². The maximum Gasteiger partial charge on any atom is 1.00 e. The van der Waals surface area contributed by atoms with Gasteiger partial charge in [0.2, 0.25) is 0 Å². The maximum absolute atomic E-state index is 8.55. The molecule has 0 aromatic rings. The Bertz CT molecular complexity index is 374. The Morgan fingerprint density at radius 3 is 1.00 bits per heavy atom. The average molecular weight is 438 g/mol. The highest BCUT2D eigenvalue weighted by molar-refractivity contribution is 7.40. The Hall–Kier alpha value is 0.0700. The third-order valence-electron chi connectivity index (χ3n) is 5.48. The van der Waals surface area contributed by atoms with Gasteiger partial charge in [0.05, 0.1) is 27.2 Å². The molecule has 0 aliphatic rings. The summed E-state index contributed by atoms with van der Waals surface area (Å²) < 4.78 is 9.79. The summed E-state index contributed by atoms with van der Waals surface area (Å²) in [6.07, 6.45) is 24.5. The highest BCUT2D eigenvalue weighted by Gasteiger charge is 2.13. The molecule has 0 N–H and O–H groups in total. The largest absolute Gasteiger partial charge is 1.00 e. The van der Waals surface area contributed by atoms with Crippen molar-refractivity contribution in [3.63, 3.8) is 0 Å². The summed E-state index contributed by atoms with van der Waals surface area (Å²) in [5.41, 5.74) is 0. The van der Waals surface area contributed by atoms with Crippen molar-refractivity contribution in [2.75, 3.05) is 27.2 Å². The summed E-state index contributed by atoms with van der Waals surface area (Å²) in [4.78, 5) is 25.6. The Labute approximate surface area is 185 Å². The summed E-state index contributed by atoms with van der Waals surface area (Å²) in [6.45, 7) is 7.36. The molecule has 6 heteroatoms. The van der Waals surface area contributed by atoms with Gasteiger partial charge in [0, 0.05) is 0 Å². The summed E-state index contributed by atoms with van der Waals surface area (Å²) in [7, 11) is -0.516. The van der Waals surface area contributed by atoms with Gasteiger partial charge in [-0.1, -0.05) is 97.3 Å². The van der Waals surface area contributed by atoms with Crippen molar-refractivity contribution in [3.05, 3.63) is 0 Å². The van der Waals surface area contributed by atoms with Crippen LogP contribution in [0.3, 0.4) is 0 Å². The van der Waals surface area contributed by atoms with Crippen molar-refractivity contribution in [1.82, 2.24) is 0 Å². The zero-order valence-electron chi connectivity index (χ0n) is 22.0. The molecule has 0 aliphatic heterocycles. The lowest BCUT2D eigenvalue weighted by atomic mass is 10.1. The lowest BCUT2D eigenvalue weighted by Crippen LogP contribution is -2.41. The van der Waals surface area contributed by atoms with Gasteiger partial charge in [0.15, 0.2) is 0 Å². The number of quaternary nitrogens is 1. The van der Waals surface area contributed by atoms with Crippen molar-refractivity contribution in [3.8, 4) is 0 Å². The molecule has 0 saturated heterocycles. The monoisotopic (exact) mass is 437 g/mol. The van der Waals surface area contributed by atoms with E-state index in [-0.39, 0.29) is 2.85 Å². The van der Waals surface area contributed by atoms with E-state index in [0.717, 1.165) is 0 Å². The van der Waals surface area contributed by atoms with Gasteiger partial charge < -0.3 is 23.7 Å². The second-order valence-corrected chi connectivity index (χ2v) is 10.0. The fraction of sp³-hybridized carbons (Fsp3) is 1.00. The Kier molecular flexibility index (Phi) is 23.0. The van der Waals surface area contributed by atoms with Crippen molar-refractivity contribution in [2.24, 2.45) is 0 Å². The molecule has 0 unspecified atom stereocenters. The quantitative estimate of drug-likeness (QED) is 0.159. The average Bonchev–Trinajstić information content (AvgIpc) is 2.61. The highest BCUT2D eigenvalue weighted by Crippen LogP contribution is 2.13. The van der Waals surface area contributed by atoms with Crippen LogP contribution in [0.4, 0.5) is 0 Å². The van der Waals surface area contributed by atoms with Crippen LogP contribution in [0.2, 0.25) is 0 Å². The van der Waals surface area contributed by atoms with Gasteiger partial charge in [-0.25, -0.2) is 0 Å². The number of nitrogens with zero attached hydrogens (tertiary/aromatic N) is 1. The molecule has 0 aromatic heterocycles. The Morgan fingerprint density at radius 2 is 0.759 bits per heavy atom. The van der Waals surface area contributed by atoms with E-state index in [1.165, 1.54) is 127 Å². The minimum Gasteiger partial charge on any atom is -0.822 e. The zero-order valence-corrected chi connectivity index (χ0v) is 20.9. The first-order valence-corrected chi connectivity index (χ1v) is 13.6. The summed E-state index contributed by atoms with van der Waals surface area (Å²) in [6, 6.07) is 0. The van der Waals surface area contributed by atoms with Gasteiger partial charge in [-0.2, -0.15) is 7.82 Å². The number of phosphoric acid groups is 1. The minimum atomic E-state index is -5.39. The second kappa shape index (κ2) is 21.3. The maximum atomic E-state index is 8.55. The molecule has 0 bridgehead atoms. The molecule has 0 aliphatic carbocycles. The smallest absolute Gasteiger partial charge is 0.822 e. The van der Waals surface area contributed by atoms with Gasteiger partial charge in [-0.3, -0.25) is 0 Å². The normalized spacial score (nSPS) is 12.0. The van der Waals surface area contributed by atoms with E-state index in [1.807, 2.05) is 0 Å². The van der Waals surface area contributed by atoms with E-state index < -0.39 is 7.82 Å². The summed E-state index contributed by atoms with van der Waals surface area (Å²) in [5, 5.41) is 0. The van der Waals surface area contributed by atoms with Crippen LogP contribution in [0.15, 0.2) is 0 Å². The predicted molar refractivity (Wildman–Crippen MR) is 122 cm³/mol. The van der Waals surface area contributed by atoms with Crippen LogP contribution in [0.1, 0.15) is 126 Å². The molecule has 0 heterocycles. The van der Waals surface area contributed by atoms with Crippen LogP contribution in [-0.2, 0) is 4.57 Å². The summed E-state index contributed by atoms with van der Waals surface area (Å²) >= 11 is 0. The molecule has 5 nitrogen and oxygen atoms in total. The van der Waals surface area contributed by atoms with Crippen LogP contribution in [0.5, 0.6) is 0 Å². The van der Waals surface area contributed by atoms with E-state index in [9.17, 15) is 0 Å². The number of hydrogen-bond donors (Lipinski definition) is 0. The summed E-state index contributed by atoms with van der Waals surface area (Å²) in [5.74, 6) is 0. The highest BCUT2D eigenvalue weighted by atomic mass is 31.2. The van der Waals surface area contributed by atoms with E-state index in [0.29, 0.717) is 0 Å². The first kappa shape index (κ1) is 31.3. The first-order chi connectivity index (χ1) is 13.6. The van der Waals surface area contributed by atoms with Crippen LogP contribution < -0.4 is 14.7 Å². The molecule has 0 amide bonds. The number of rotatable bonds is 19. The van der Waals surface area contributed by atoms with Gasteiger partial charge in [-0.15, -0.1) is 0 Å². The molecular formula is C23H52NO4P. The zero-order chi connectivity index (χ0) is 22.4. The van der Waals surface area contributed by atoms with E-state index in [4.69, 9.17) is 19.2 Å². The molecule has 0 radical (unpaired) electrons. The van der Waals surface area contributed by atoms with Crippen molar-refractivity contribution >= 4 is 7.82 Å². The molecule has 0 atom stereocenters. The lowest BCUT2D eigenvalue weighted by Gasteiger charge is -2.36. The van der Waals surface area contributed by atoms with Crippen molar-refractivity contribution in [2.45, 2.75) is 123 Å². The Morgan fingerprint density at radius 1 is 0.552 bits per heavy atom. The molecular weight excluding hydrogens is 385 g/mol. The van der Waals surface area contributed by atoms with Crippen LogP contribution >= 0.6 is 7.82 Å². The van der Waals surface area contributed by atoms with Crippen LogP contribution in [0.25, 0.3) is 0 Å². The molecule has 0 aromatic carbocycles. The lowest BCUT2D eigenvalue weighted by molar-refractivity contribution is -0.890. The number of unbranched alkanes of at least 4 members (excludes halogenated alkanes) is 15. The van der Waals surface area contributed by atoms with Gasteiger partial charge in [0.1, 0.15) is 0 Å². The minimum absolute atomic E-state index is 0. The van der Waals surface area contributed by atoms with Gasteiger partial charge >= 0.3 is 2.85 Å². The van der Waals surface area contributed by atoms with E-state index in [2.05, 4.69) is 27.9 Å². The Balaban J connectivity index is -0.000000464. The topological polar surface area (TPSA) is 86.2 Å². The van der Waals surface area contributed by atoms with Crippen LogP contribution in [0, 0.1) is 0 Å². The standard InChI is InChI=1S/C23H50N.H3O4P/c1-5-7-9-11-13-15-17-19-21-23-24(3,4)22-20-18-16-14-12-10-8-6-2;1-5(2,3)4/h5-23H2,1-4H3;(H3,1,2,3,4)/q+1;/p-1. The second-order valence-electron chi connectivity index (χ2n) is 9.13. The molecule has 178 valence electrons. The number of hydrogen-bond acceptors (Lipinski definition) is 4. The van der Waals surface area contributed by atoms with Crippen LogP contribution in [-0.4, -0.2) is 31.7 Å². The third kappa shape index (κ3) is 35.8. The molecule has 0 saturated carbocycles. The molecule has 0 fully saturated rings. The van der Waals surface area contributed by atoms with E-state index >= 15 is 0 Å². The van der Waals surface area contributed by atoms with E-state index in [1.54, 1.807) is 0 Å².